The molecule has 0 nitrogen and oxygen atoms in total. The molecule has 0 bridgehead atoms. The minimum Gasteiger partial charge on any atom is -0.0890 e. The standard InChI is InChI=1S/C21H25Br/c1-13(14(2)22)18-10-9-16-12-17(21(3,4)5)11-15-7-6-8-19(18)20(15)16/h6-14,18H,1-5H3/t13-,14-,18?/m0/s1. The summed E-state index contributed by atoms with van der Waals surface area (Å²) in [5.41, 5.74) is 4.46. The zero-order valence-electron chi connectivity index (χ0n) is 14.2. The van der Waals surface area contributed by atoms with Gasteiger partial charge in [-0.1, -0.05) is 93.0 Å². The Labute approximate surface area is 142 Å². The van der Waals surface area contributed by atoms with Crippen LogP contribution in [0.5, 0.6) is 0 Å². The van der Waals surface area contributed by atoms with E-state index in [4.69, 9.17) is 0 Å². The van der Waals surface area contributed by atoms with E-state index in [2.05, 4.69) is 93.0 Å². The Morgan fingerprint density at radius 2 is 1.82 bits per heavy atom. The van der Waals surface area contributed by atoms with E-state index < -0.39 is 0 Å². The van der Waals surface area contributed by atoms with E-state index >= 15 is 0 Å². The van der Waals surface area contributed by atoms with Crippen molar-refractivity contribution in [1.29, 1.82) is 0 Å². The molecular weight excluding hydrogens is 332 g/mol. The first-order chi connectivity index (χ1) is 10.3. The van der Waals surface area contributed by atoms with Crippen molar-refractivity contribution in [3.63, 3.8) is 0 Å². The number of rotatable bonds is 2. The van der Waals surface area contributed by atoms with E-state index in [-0.39, 0.29) is 5.41 Å². The van der Waals surface area contributed by atoms with Crippen molar-refractivity contribution in [3.8, 4) is 0 Å². The summed E-state index contributed by atoms with van der Waals surface area (Å²) < 4.78 is 0. The van der Waals surface area contributed by atoms with Crippen LogP contribution in [-0.4, -0.2) is 4.83 Å². The van der Waals surface area contributed by atoms with Gasteiger partial charge in [0.2, 0.25) is 0 Å². The number of benzene rings is 2. The van der Waals surface area contributed by atoms with Gasteiger partial charge >= 0.3 is 0 Å². The highest BCUT2D eigenvalue weighted by Gasteiger charge is 2.26. The Kier molecular flexibility index (Phi) is 3.97. The van der Waals surface area contributed by atoms with Gasteiger partial charge in [-0.05, 0) is 38.8 Å². The van der Waals surface area contributed by atoms with Crippen molar-refractivity contribution in [1.82, 2.24) is 0 Å². The summed E-state index contributed by atoms with van der Waals surface area (Å²) in [6.07, 6.45) is 4.73. The highest BCUT2D eigenvalue weighted by atomic mass is 79.9. The first-order valence-corrected chi connectivity index (χ1v) is 9.10. The van der Waals surface area contributed by atoms with Crippen LogP contribution in [0.3, 0.4) is 0 Å². The highest BCUT2D eigenvalue weighted by Crippen LogP contribution is 2.42. The Morgan fingerprint density at radius 3 is 2.45 bits per heavy atom. The topological polar surface area (TPSA) is 0 Å². The molecule has 0 amide bonds. The number of hydrogen-bond acceptors (Lipinski definition) is 0. The molecule has 22 heavy (non-hydrogen) atoms. The fourth-order valence-corrected chi connectivity index (χ4v) is 3.72. The number of halogens is 1. The van der Waals surface area contributed by atoms with Gasteiger partial charge in [-0.2, -0.15) is 0 Å². The summed E-state index contributed by atoms with van der Waals surface area (Å²) in [6.45, 7) is 11.4. The zero-order valence-corrected chi connectivity index (χ0v) is 15.7. The molecule has 3 rings (SSSR count). The molecule has 2 aromatic carbocycles. The van der Waals surface area contributed by atoms with E-state index in [1.54, 1.807) is 0 Å². The maximum Gasteiger partial charge on any atom is 0.0152 e. The fraction of sp³-hybridized carbons (Fsp3) is 0.429. The van der Waals surface area contributed by atoms with Crippen LogP contribution in [0.15, 0.2) is 36.4 Å². The van der Waals surface area contributed by atoms with E-state index in [0.29, 0.717) is 16.7 Å². The molecule has 1 aliphatic carbocycles. The molecule has 0 aromatic heterocycles. The first-order valence-electron chi connectivity index (χ1n) is 8.18. The van der Waals surface area contributed by atoms with Gasteiger partial charge in [-0.3, -0.25) is 0 Å². The summed E-state index contributed by atoms with van der Waals surface area (Å²) >= 11 is 3.77. The normalized spacial score (nSPS) is 20.2. The third kappa shape index (κ3) is 2.65. The third-order valence-corrected chi connectivity index (χ3v) is 5.87. The predicted molar refractivity (Wildman–Crippen MR) is 102 cm³/mol. The first kappa shape index (κ1) is 15.8. The van der Waals surface area contributed by atoms with Crippen LogP contribution in [0.1, 0.15) is 57.2 Å². The van der Waals surface area contributed by atoms with Crippen LogP contribution in [0.2, 0.25) is 0 Å². The Bertz CT molecular complexity index is 731. The van der Waals surface area contributed by atoms with Gasteiger partial charge in [0.15, 0.2) is 0 Å². The van der Waals surface area contributed by atoms with Crippen molar-refractivity contribution in [2.45, 2.75) is 50.8 Å². The van der Waals surface area contributed by atoms with Crippen LogP contribution in [0, 0.1) is 5.92 Å². The van der Waals surface area contributed by atoms with Crippen molar-refractivity contribution in [2.75, 3.05) is 0 Å². The molecule has 0 saturated heterocycles. The van der Waals surface area contributed by atoms with Crippen LogP contribution in [0.4, 0.5) is 0 Å². The molecule has 1 heteroatoms. The van der Waals surface area contributed by atoms with Gasteiger partial charge in [-0.25, -0.2) is 0 Å². The maximum atomic E-state index is 3.77. The lowest BCUT2D eigenvalue weighted by atomic mass is 9.76. The Balaban J connectivity index is 2.22. The predicted octanol–water partition coefficient (Wildman–Crippen LogP) is 6.67. The quantitative estimate of drug-likeness (QED) is 0.527. The molecule has 2 aromatic rings. The van der Waals surface area contributed by atoms with Gasteiger partial charge in [0, 0.05) is 10.7 Å². The lowest BCUT2D eigenvalue weighted by molar-refractivity contribution is 0.527. The third-order valence-electron chi connectivity index (χ3n) is 5.04. The van der Waals surface area contributed by atoms with Crippen LogP contribution in [-0.2, 0) is 5.41 Å². The number of allylic oxidation sites excluding steroid dienone is 1. The fourth-order valence-electron chi connectivity index (χ4n) is 3.39. The molecule has 0 radical (unpaired) electrons. The molecule has 0 aliphatic heterocycles. The summed E-state index contributed by atoms with van der Waals surface area (Å²) in [7, 11) is 0. The molecular formula is C21H25Br. The average molecular weight is 357 g/mol. The van der Waals surface area contributed by atoms with Gasteiger partial charge in [0.1, 0.15) is 0 Å². The Morgan fingerprint density at radius 1 is 1.09 bits per heavy atom. The molecule has 0 N–H and O–H groups in total. The second-order valence-corrected chi connectivity index (χ2v) is 9.13. The smallest absolute Gasteiger partial charge is 0.0152 e. The monoisotopic (exact) mass is 356 g/mol. The molecule has 116 valence electrons. The molecule has 3 atom stereocenters. The average Bonchev–Trinajstić information content (AvgIpc) is 2.46. The van der Waals surface area contributed by atoms with Gasteiger partial charge in [0.25, 0.3) is 0 Å². The second-order valence-electron chi connectivity index (χ2n) is 7.68. The van der Waals surface area contributed by atoms with Gasteiger partial charge in [0.05, 0.1) is 0 Å². The van der Waals surface area contributed by atoms with Crippen molar-refractivity contribution >= 4 is 32.8 Å². The van der Waals surface area contributed by atoms with Gasteiger partial charge in [-0.15, -0.1) is 0 Å². The van der Waals surface area contributed by atoms with E-state index in [0.717, 1.165) is 0 Å². The summed E-state index contributed by atoms with van der Waals surface area (Å²) in [5, 5.41) is 2.83. The number of alkyl halides is 1. The second kappa shape index (κ2) is 5.53. The van der Waals surface area contributed by atoms with E-state index in [1.165, 1.54) is 27.5 Å². The van der Waals surface area contributed by atoms with Crippen LogP contribution < -0.4 is 0 Å². The summed E-state index contributed by atoms with van der Waals surface area (Å²) in [4.78, 5) is 0.507. The highest BCUT2D eigenvalue weighted by molar-refractivity contribution is 9.09. The SMILES string of the molecule is C[C@H](Br)[C@H](C)C1C=Cc2cc(C(C)(C)C)cc3cccc1c23. The van der Waals surface area contributed by atoms with Gasteiger partial charge < -0.3 is 0 Å². The molecule has 1 unspecified atom stereocenters. The van der Waals surface area contributed by atoms with E-state index in [1.807, 2.05) is 0 Å². The molecule has 0 fully saturated rings. The van der Waals surface area contributed by atoms with Crippen LogP contribution in [0.25, 0.3) is 16.8 Å². The summed E-state index contributed by atoms with van der Waals surface area (Å²) in [5.74, 6) is 1.07. The lowest BCUT2D eigenvalue weighted by Gasteiger charge is -2.29. The Hall–Kier alpha value is -1.08. The summed E-state index contributed by atoms with van der Waals surface area (Å²) in [6, 6.07) is 11.5. The minimum absolute atomic E-state index is 0.184. The van der Waals surface area contributed by atoms with Crippen molar-refractivity contribution in [2.24, 2.45) is 5.92 Å². The largest absolute Gasteiger partial charge is 0.0890 e. The lowest BCUT2D eigenvalue weighted by Crippen LogP contribution is -2.18. The maximum absolute atomic E-state index is 3.77. The van der Waals surface area contributed by atoms with E-state index in [9.17, 15) is 0 Å². The molecule has 1 aliphatic rings. The molecule has 0 saturated carbocycles. The number of hydrogen-bond donors (Lipinski definition) is 0. The van der Waals surface area contributed by atoms with Crippen LogP contribution >= 0.6 is 15.9 Å². The van der Waals surface area contributed by atoms with Crippen molar-refractivity contribution < 1.29 is 0 Å². The van der Waals surface area contributed by atoms with Crippen molar-refractivity contribution in [3.05, 3.63) is 53.1 Å². The minimum atomic E-state index is 0.184. The zero-order chi connectivity index (χ0) is 16.1. The molecule has 0 heterocycles. The molecule has 0 spiro atoms.